The second-order valence-electron chi connectivity index (χ2n) is 6.87. The van der Waals surface area contributed by atoms with Gasteiger partial charge in [0.05, 0.1) is 7.11 Å². The maximum absolute atomic E-state index is 5.43. The van der Waals surface area contributed by atoms with Crippen LogP contribution in [0.1, 0.15) is 17.5 Å². The lowest BCUT2D eigenvalue weighted by molar-refractivity contribution is 0.413. The molecule has 0 saturated heterocycles. The Morgan fingerprint density at radius 2 is 1.80 bits per heavy atom. The van der Waals surface area contributed by atoms with E-state index in [-0.39, 0.29) is 0 Å². The average Bonchev–Trinajstić information content (AvgIpc) is 2.98. The van der Waals surface area contributed by atoms with Gasteiger partial charge < -0.3 is 14.2 Å². The fourth-order valence-electron chi connectivity index (χ4n) is 3.30. The molecule has 0 N–H and O–H groups in total. The zero-order valence-corrected chi connectivity index (χ0v) is 15.5. The molecule has 1 aromatic heterocycles. The first-order valence-electron chi connectivity index (χ1n) is 9.02. The van der Waals surface area contributed by atoms with Crippen molar-refractivity contribution in [2.45, 2.75) is 25.8 Å². The number of fused-ring (bicyclic) bond motifs is 1. The van der Waals surface area contributed by atoms with Gasteiger partial charge in [-0.1, -0.05) is 30.3 Å². The van der Waals surface area contributed by atoms with Crippen molar-refractivity contribution in [3.63, 3.8) is 0 Å². The lowest BCUT2D eigenvalue weighted by atomic mass is 10.1. The van der Waals surface area contributed by atoms with Gasteiger partial charge >= 0.3 is 0 Å². The summed E-state index contributed by atoms with van der Waals surface area (Å²) in [4.78, 5) is 2.23. The molecule has 0 bridgehead atoms. The molecule has 3 nitrogen and oxygen atoms in total. The standard InChI is InChI=1S/C22H28N2O/c1-23(2)15-13-19-17-24(14-7-10-18-8-5-4-6-9-18)22-12-11-20(25-3)16-21(19)22/h4-6,8-9,11-12,16-17H,7,10,13-15H2,1-3H3. The summed E-state index contributed by atoms with van der Waals surface area (Å²) in [7, 11) is 5.98. The average molecular weight is 336 g/mol. The summed E-state index contributed by atoms with van der Waals surface area (Å²) >= 11 is 0. The van der Waals surface area contributed by atoms with Gasteiger partial charge in [0.1, 0.15) is 5.75 Å². The highest BCUT2D eigenvalue weighted by molar-refractivity contribution is 5.85. The summed E-state index contributed by atoms with van der Waals surface area (Å²) in [6.45, 7) is 2.10. The fraction of sp³-hybridized carbons (Fsp3) is 0.364. The van der Waals surface area contributed by atoms with E-state index in [2.05, 4.69) is 78.3 Å². The maximum atomic E-state index is 5.43. The third-order valence-corrected chi connectivity index (χ3v) is 4.71. The highest BCUT2D eigenvalue weighted by Crippen LogP contribution is 2.27. The van der Waals surface area contributed by atoms with Crippen LogP contribution in [0.5, 0.6) is 5.75 Å². The normalized spacial score (nSPS) is 11.4. The number of nitrogens with zero attached hydrogens (tertiary/aromatic N) is 2. The Kier molecular flexibility index (Phi) is 5.77. The van der Waals surface area contributed by atoms with Crippen molar-refractivity contribution in [2.24, 2.45) is 0 Å². The molecule has 132 valence electrons. The summed E-state index contributed by atoms with van der Waals surface area (Å²) in [6.07, 6.45) is 5.65. The van der Waals surface area contributed by atoms with Crippen molar-refractivity contribution in [1.29, 1.82) is 0 Å². The van der Waals surface area contributed by atoms with E-state index in [0.29, 0.717) is 0 Å². The zero-order valence-electron chi connectivity index (χ0n) is 15.5. The molecular formula is C22H28N2O. The van der Waals surface area contributed by atoms with Crippen molar-refractivity contribution < 1.29 is 4.74 Å². The number of likely N-dealkylation sites (N-methyl/N-ethyl adjacent to an activating group) is 1. The molecule has 1 heterocycles. The summed E-state index contributed by atoms with van der Waals surface area (Å²) in [5.41, 5.74) is 4.12. The van der Waals surface area contributed by atoms with Crippen molar-refractivity contribution in [2.75, 3.05) is 27.7 Å². The Labute approximate surface area is 150 Å². The molecule has 0 spiro atoms. The number of aromatic nitrogens is 1. The van der Waals surface area contributed by atoms with Crippen LogP contribution in [0.2, 0.25) is 0 Å². The predicted octanol–water partition coefficient (Wildman–Crippen LogP) is 4.39. The topological polar surface area (TPSA) is 17.4 Å². The third kappa shape index (κ3) is 4.43. The van der Waals surface area contributed by atoms with Crippen LogP contribution in [0.15, 0.2) is 54.7 Å². The van der Waals surface area contributed by atoms with Crippen LogP contribution < -0.4 is 4.74 Å². The molecule has 0 aliphatic heterocycles. The van der Waals surface area contributed by atoms with Gasteiger partial charge in [0.2, 0.25) is 0 Å². The molecule has 0 unspecified atom stereocenters. The Hall–Kier alpha value is -2.26. The molecule has 0 atom stereocenters. The molecule has 2 aromatic carbocycles. The minimum Gasteiger partial charge on any atom is -0.497 e. The van der Waals surface area contributed by atoms with E-state index in [0.717, 1.165) is 38.1 Å². The lowest BCUT2D eigenvalue weighted by Gasteiger charge is -2.08. The minimum absolute atomic E-state index is 0.931. The molecule has 0 radical (unpaired) electrons. The third-order valence-electron chi connectivity index (χ3n) is 4.71. The van der Waals surface area contributed by atoms with E-state index in [1.807, 2.05) is 0 Å². The minimum atomic E-state index is 0.931. The smallest absolute Gasteiger partial charge is 0.119 e. The van der Waals surface area contributed by atoms with Gasteiger partial charge in [0.25, 0.3) is 0 Å². The monoisotopic (exact) mass is 336 g/mol. The van der Waals surface area contributed by atoms with Crippen LogP contribution in [0, 0.1) is 0 Å². The van der Waals surface area contributed by atoms with Crippen molar-refractivity contribution in [3.05, 3.63) is 65.9 Å². The number of ether oxygens (including phenoxy) is 1. The van der Waals surface area contributed by atoms with Crippen LogP contribution in [0.25, 0.3) is 10.9 Å². The van der Waals surface area contributed by atoms with Crippen molar-refractivity contribution in [3.8, 4) is 5.75 Å². The molecule has 0 saturated carbocycles. The van der Waals surface area contributed by atoms with E-state index >= 15 is 0 Å². The van der Waals surface area contributed by atoms with E-state index in [4.69, 9.17) is 4.74 Å². The van der Waals surface area contributed by atoms with Crippen molar-refractivity contribution >= 4 is 10.9 Å². The van der Waals surface area contributed by atoms with Gasteiger partial charge in [-0.2, -0.15) is 0 Å². The molecule has 0 fully saturated rings. The Bertz CT molecular complexity index is 806. The SMILES string of the molecule is COc1ccc2c(c1)c(CCN(C)C)cn2CCCc1ccccc1. The van der Waals surface area contributed by atoms with Crippen LogP contribution in [0.4, 0.5) is 0 Å². The second-order valence-corrected chi connectivity index (χ2v) is 6.87. The summed E-state index contributed by atoms with van der Waals surface area (Å²) in [5, 5.41) is 1.32. The Morgan fingerprint density at radius 1 is 1.00 bits per heavy atom. The lowest BCUT2D eigenvalue weighted by Crippen LogP contribution is -2.14. The van der Waals surface area contributed by atoms with E-state index < -0.39 is 0 Å². The molecule has 3 heteroatoms. The van der Waals surface area contributed by atoms with Crippen LogP contribution in [-0.4, -0.2) is 37.2 Å². The van der Waals surface area contributed by atoms with Gasteiger partial charge in [0.15, 0.2) is 0 Å². The fourth-order valence-corrected chi connectivity index (χ4v) is 3.30. The first kappa shape index (κ1) is 17.6. The second kappa shape index (κ2) is 8.21. The number of hydrogen-bond acceptors (Lipinski definition) is 2. The Balaban J connectivity index is 1.79. The highest BCUT2D eigenvalue weighted by Gasteiger charge is 2.10. The summed E-state index contributed by atoms with van der Waals surface area (Å²) in [5.74, 6) is 0.931. The van der Waals surface area contributed by atoms with Crippen LogP contribution in [-0.2, 0) is 19.4 Å². The quantitative estimate of drug-likeness (QED) is 0.607. The van der Waals surface area contributed by atoms with Crippen molar-refractivity contribution in [1.82, 2.24) is 9.47 Å². The molecule has 3 aromatic rings. The van der Waals surface area contributed by atoms with Gasteiger partial charge in [-0.05, 0) is 62.7 Å². The number of hydrogen-bond donors (Lipinski definition) is 0. The maximum Gasteiger partial charge on any atom is 0.119 e. The van der Waals surface area contributed by atoms with Crippen LogP contribution in [0.3, 0.4) is 0 Å². The van der Waals surface area contributed by atoms with Crippen LogP contribution >= 0.6 is 0 Å². The van der Waals surface area contributed by atoms with E-state index in [1.54, 1.807) is 7.11 Å². The summed E-state index contributed by atoms with van der Waals surface area (Å²) in [6, 6.07) is 17.2. The van der Waals surface area contributed by atoms with Gasteiger partial charge in [-0.25, -0.2) is 0 Å². The molecule has 25 heavy (non-hydrogen) atoms. The highest BCUT2D eigenvalue weighted by atomic mass is 16.5. The predicted molar refractivity (Wildman–Crippen MR) is 106 cm³/mol. The number of methoxy groups -OCH3 is 1. The number of aryl methyl sites for hydroxylation is 2. The first-order chi connectivity index (χ1) is 12.2. The van der Waals surface area contributed by atoms with Gasteiger partial charge in [-0.15, -0.1) is 0 Å². The van der Waals surface area contributed by atoms with Gasteiger partial charge in [-0.3, -0.25) is 0 Å². The molecule has 3 rings (SSSR count). The Morgan fingerprint density at radius 3 is 2.52 bits per heavy atom. The number of benzene rings is 2. The first-order valence-corrected chi connectivity index (χ1v) is 9.02. The van der Waals surface area contributed by atoms with E-state index in [9.17, 15) is 0 Å². The zero-order chi connectivity index (χ0) is 17.6. The molecular weight excluding hydrogens is 308 g/mol. The van der Waals surface area contributed by atoms with E-state index in [1.165, 1.54) is 22.0 Å². The number of rotatable bonds is 8. The summed E-state index contributed by atoms with van der Waals surface area (Å²) < 4.78 is 7.84. The molecule has 0 aliphatic rings. The molecule has 0 amide bonds. The molecule has 0 aliphatic carbocycles. The largest absolute Gasteiger partial charge is 0.497 e. The van der Waals surface area contributed by atoms with Gasteiger partial charge in [0, 0.05) is 30.2 Å².